The van der Waals surface area contributed by atoms with E-state index in [1.807, 2.05) is 30.6 Å². The van der Waals surface area contributed by atoms with Gasteiger partial charge in [-0.1, -0.05) is 11.3 Å². The molecule has 0 bridgehead atoms. The minimum absolute atomic E-state index is 0.172. The number of carbonyl (C=O) groups excluding carboxylic acids is 1. The second kappa shape index (κ2) is 11.2. The van der Waals surface area contributed by atoms with Gasteiger partial charge in [0.1, 0.15) is 23.4 Å². The van der Waals surface area contributed by atoms with Crippen LogP contribution in [-0.4, -0.2) is 35.9 Å². The molecule has 0 saturated carbocycles. The standard InChI is InChI=1S/C31H30FN3O5S/c1-7-40-30(37)27-18(3)33-31-35(28(27)24-16-23(38-5)12-13-25(24)39-6)29(36)26(41-31)15-20-14-17(2)34(19(20)4)22-10-8-21(32)9-11-22/h8-16,28H,7H2,1-6H3. The average molecular weight is 576 g/mol. The first kappa shape index (κ1) is 28.1. The van der Waals surface area contributed by atoms with Gasteiger partial charge in [-0.3, -0.25) is 9.36 Å². The van der Waals surface area contributed by atoms with Gasteiger partial charge >= 0.3 is 5.97 Å². The van der Waals surface area contributed by atoms with E-state index in [9.17, 15) is 14.0 Å². The third-order valence-electron chi connectivity index (χ3n) is 7.09. The van der Waals surface area contributed by atoms with Crippen LogP contribution in [0.25, 0.3) is 11.8 Å². The molecule has 0 spiro atoms. The molecule has 0 fully saturated rings. The largest absolute Gasteiger partial charge is 0.497 e. The van der Waals surface area contributed by atoms with Gasteiger partial charge in [0.05, 0.1) is 36.6 Å². The highest BCUT2D eigenvalue weighted by molar-refractivity contribution is 7.07. The summed E-state index contributed by atoms with van der Waals surface area (Å²) in [6, 6.07) is 12.7. The van der Waals surface area contributed by atoms with E-state index in [1.54, 1.807) is 51.3 Å². The molecule has 0 aliphatic carbocycles. The number of halogens is 1. The monoisotopic (exact) mass is 575 g/mol. The molecule has 2 aromatic carbocycles. The van der Waals surface area contributed by atoms with E-state index >= 15 is 0 Å². The van der Waals surface area contributed by atoms with Crippen LogP contribution in [0.1, 0.15) is 42.4 Å². The Kier molecular flexibility index (Phi) is 7.68. The fraction of sp³-hybridized carbons (Fsp3) is 0.258. The van der Waals surface area contributed by atoms with Crippen LogP contribution in [0.5, 0.6) is 11.5 Å². The van der Waals surface area contributed by atoms with Gasteiger partial charge in [0.15, 0.2) is 4.80 Å². The van der Waals surface area contributed by atoms with Crippen molar-refractivity contribution in [1.29, 1.82) is 0 Å². The average Bonchev–Trinajstić information content (AvgIpc) is 3.41. The zero-order valence-corrected chi connectivity index (χ0v) is 24.5. The van der Waals surface area contributed by atoms with Crippen molar-refractivity contribution < 1.29 is 23.4 Å². The Labute approximate surface area is 240 Å². The van der Waals surface area contributed by atoms with E-state index in [0.717, 1.165) is 22.6 Å². The number of aryl methyl sites for hydroxylation is 1. The molecule has 5 rings (SSSR count). The molecule has 0 amide bonds. The van der Waals surface area contributed by atoms with Crippen LogP contribution in [-0.2, 0) is 9.53 Å². The quantitative estimate of drug-likeness (QED) is 0.306. The van der Waals surface area contributed by atoms with Crippen LogP contribution in [0, 0.1) is 19.7 Å². The summed E-state index contributed by atoms with van der Waals surface area (Å²) in [5.74, 6) is 0.178. The molecule has 2 aromatic heterocycles. The summed E-state index contributed by atoms with van der Waals surface area (Å²) in [6.45, 7) is 7.54. The molecule has 0 radical (unpaired) electrons. The number of fused-ring (bicyclic) bond motifs is 1. The first-order valence-electron chi connectivity index (χ1n) is 13.0. The van der Waals surface area contributed by atoms with Crippen molar-refractivity contribution in [3.8, 4) is 17.2 Å². The summed E-state index contributed by atoms with van der Waals surface area (Å²) in [5, 5.41) is 0. The second-order valence-electron chi connectivity index (χ2n) is 9.55. The molecular formula is C31H30FN3O5S. The molecule has 0 saturated heterocycles. The van der Waals surface area contributed by atoms with Crippen molar-refractivity contribution in [2.24, 2.45) is 4.99 Å². The van der Waals surface area contributed by atoms with Crippen molar-refractivity contribution in [3.05, 3.63) is 108 Å². The molecule has 1 unspecified atom stereocenters. The lowest BCUT2D eigenvalue weighted by molar-refractivity contribution is -0.139. The van der Waals surface area contributed by atoms with Gasteiger partial charge in [-0.25, -0.2) is 14.2 Å². The van der Waals surface area contributed by atoms with Crippen LogP contribution >= 0.6 is 11.3 Å². The fourth-order valence-electron chi connectivity index (χ4n) is 5.20. The molecular weight excluding hydrogens is 545 g/mol. The highest BCUT2D eigenvalue weighted by atomic mass is 32.1. The van der Waals surface area contributed by atoms with Gasteiger partial charge in [-0.05, 0) is 87.9 Å². The van der Waals surface area contributed by atoms with Gasteiger partial charge in [-0.15, -0.1) is 0 Å². The summed E-state index contributed by atoms with van der Waals surface area (Å²) in [5.41, 5.74) is 4.49. The minimum atomic E-state index is -0.843. The zero-order chi connectivity index (χ0) is 29.4. The Hall–Kier alpha value is -4.44. The number of carbonyl (C=O) groups is 1. The van der Waals surface area contributed by atoms with Gasteiger partial charge in [0, 0.05) is 22.6 Å². The molecule has 41 heavy (non-hydrogen) atoms. The summed E-state index contributed by atoms with van der Waals surface area (Å²) >= 11 is 1.24. The lowest BCUT2D eigenvalue weighted by Crippen LogP contribution is -2.40. The summed E-state index contributed by atoms with van der Waals surface area (Å²) in [7, 11) is 3.08. The highest BCUT2D eigenvalue weighted by Gasteiger charge is 2.35. The number of allylic oxidation sites excluding steroid dienone is 1. The Balaban J connectivity index is 1.73. The maximum Gasteiger partial charge on any atom is 0.338 e. The smallest absolute Gasteiger partial charge is 0.338 e. The van der Waals surface area contributed by atoms with E-state index < -0.39 is 12.0 Å². The van der Waals surface area contributed by atoms with Crippen LogP contribution in [0.4, 0.5) is 4.39 Å². The number of rotatable bonds is 7. The summed E-state index contributed by atoms with van der Waals surface area (Å²) < 4.78 is 34.0. The Morgan fingerprint density at radius 2 is 1.80 bits per heavy atom. The number of aromatic nitrogens is 2. The lowest BCUT2D eigenvalue weighted by Gasteiger charge is -2.26. The maximum atomic E-state index is 14.1. The maximum absolute atomic E-state index is 14.1. The van der Waals surface area contributed by atoms with Crippen LogP contribution in [0.15, 0.2) is 69.6 Å². The van der Waals surface area contributed by atoms with Crippen molar-refractivity contribution >= 4 is 23.4 Å². The number of hydrogen-bond acceptors (Lipinski definition) is 7. The minimum Gasteiger partial charge on any atom is -0.497 e. The number of methoxy groups -OCH3 is 2. The van der Waals surface area contributed by atoms with Crippen molar-refractivity contribution in [2.75, 3.05) is 20.8 Å². The summed E-state index contributed by atoms with van der Waals surface area (Å²) in [4.78, 5) is 32.4. The first-order valence-corrected chi connectivity index (χ1v) is 13.9. The molecule has 0 N–H and O–H groups in total. The Morgan fingerprint density at radius 1 is 1.07 bits per heavy atom. The first-order chi connectivity index (χ1) is 19.7. The molecule has 3 heterocycles. The third-order valence-corrected chi connectivity index (χ3v) is 8.07. The molecule has 1 atom stereocenters. The molecule has 1 aliphatic heterocycles. The second-order valence-corrected chi connectivity index (χ2v) is 10.6. The van der Waals surface area contributed by atoms with Crippen molar-refractivity contribution in [3.63, 3.8) is 0 Å². The van der Waals surface area contributed by atoms with E-state index in [2.05, 4.69) is 4.99 Å². The molecule has 212 valence electrons. The number of benzene rings is 2. The van der Waals surface area contributed by atoms with E-state index in [1.165, 1.54) is 35.1 Å². The number of nitrogens with zero attached hydrogens (tertiary/aromatic N) is 3. The van der Waals surface area contributed by atoms with Crippen molar-refractivity contribution in [2.45, 2.75) is 33.7 Å². The van der Waals surface area contributed by atoms with Gasteiger partial charge in [0.2, 0.25) is 0 Å². The zero-order valence-electron chi connectivity index (χ0n) is 23.6. The molecule has 8 nitrogen and oxygen atoms in total. The van der Waals surface area contributed by atoms with Gasteiger partial charge in [0.25, 0.3) is 5.56 Å². The number of esters is 1. The number of hydrogen-bond donors (Lipinski definition) is 0. The fourth-order valence-corrected chi connectivity index (χ4v) is 6.24. The predicted molar refractivity (Wildman–Crippen MR) is 155 cm³/mol. The molecule has 4 aromatic rings. The molecule has 1 aliphatic rings. The van der Waals surface area contributed by atoms with Gasteiger partial charge in [-0.2, -0.15) is 0 Å². The summed E-state index contributed by atoms with van der Waals surface area (Å²) in [6.07, 6.45) is 1.83. The van der Waals surface area contributed by atoms with E-state index in [-0.39, 0.29) is 23.6 Å². The molecule has 10 heteroatoms. The van der Waals surface area contributed by atoms with E-state index in [4.69, 9.17) is 14.2 Å². The lowest BCUT2D eigenvalue weighted by atomic mass is 9.94. The van der Waals surface area contributed by atoms with Crippen LogP contribution < -0.4 is 24.4 Å². The predicted octanol–water partition coefficient (Wildman–Crippen LogP) is 4.36. The highest BCUT2D eigenvalue weighted by Crippen LogP contribution is 2.37. The van der Waals surface area contributed by atoms with Gasteiger partial charge < -0.3 is 18.8 Å². The third kappa shape index (κ3) is 4.99. The number of thiazole rings is 1. The van der Waals surface area contributed by atoms with Crippen LogP contribution in [0.3, 0.4) is 0 Å². The topological polar surface area (TPSA) is 84.1 Å². The SMILES string of the molecule is CCOC(=O)C1=C(C)N=c2sc(=Cc3cc(C)n(-c4ccc(F)cc4)c3C)c(=O)n2C1c1cc(OC)ccc1OC. The van der Waals surface area contributed by atoms with E-state index in [0.29, 0.717) is 32.1 Å². The Bertz CT molecular complexity index is 1860. The Morgan fingerprint density at radius 3 is 2.46 bits per heavy atom. The van der Waals surface area contributed by atoms with Crippen LogP contribution in [0.2, 0.25) is 0 Å². The number of ether oxygens (including phenoxy) is 3. The van der Waals surface area contributed by atoms with Crippen molar-refractivity contribution in [1.82, 2.24) is 9.13 Å². The normalized spacial score (nSPS) is 15.0.